The molecule has 1 aliphatic heterocycles. The van der Waals surface area contributed by atoms with Gasteiger partial charge < -0.3 is 20.5 Å². The van der Waals surface area contributed by atoms with Crippen LogP contribution in [0, 0.1) is 0 Å². The Balaban J connectivity index is 1.54. The van der Waals surface area contributed by atoms with Crippen LogP contribution < -0.4 is 15.8 Å². The summed E-state index contributed by atoms with van der Waals surface area (Å²) in [5.74, 6) is 2.87. The molecule has 4 heterocycles. The summed E-state index contributed by atoms with van der Waals surface area (Å²) < 4.78 is 11.9. The molecule has 33 heavy (non-hydrogen) atoms. The minimum atomic E-state index is -0.516. The van der Waals surface area contributed by atoms with Crippen LogP contribution in [0.2, 0.25) is 0 Å². The molecule has 1 saturated carbocycles. The lowest BCUT2D eigenvalue weighted by molar-refractivity contribution is 0.148. The lowest BCUT2D eigenvalue weighted by Gasteiger charge is -2.30. The van der Waals surface area contributed by atoms with E-state index in [1.807, 2.05) is 44.4 Å². The number of hydrogen-bond acceptors (Lipinski definition) is 7. The maximum absolute atomic E-state index is 6.63. The van der Waals surface area contributed by atoms with Gasteiger partial charge in [0.1, 0.15) is 29.6 Å². The molecule has 0 bridgehead atoms. The van der Waals surface area contributed by atoms with Gasteiger partial charge >= 0.3 is 0 Å². The predicted octanol–water partition coefficient (Wildman–Crippen LogP) is 5.39. The fraction of sp³-hybridized carbons (Fsp3) is 0.423. The molecule has 3 aromatic heterocycles. The molecule has 5 rings (SSSR count). The average molecular weight is 446 g/mol. The van der Waals surface area contributed by atoms with Crippen LogP contribution in [0.4, 0.5) is 11.6 Å². The van der Waals surface area contributed by atoms with Crippen LogP contribution in [0.5, 0.6) is 5.88 Å². The fourth-order valence-electron chi connectivity index (χ4n) is 4.13. The van der Waals surface area contributed by atoms with Crippen LogP contribution in [0.3, 0.4) is 0 Å². The monoisotopic (exact) mass is 445 g/mol. The van der Waals surface area contributed by atoms with Crippen LogP contribution in [-0.4, -0.2) is 27.2 Å². The highest BCUT2D eigenvalue weighted by atomic mass is 16.5. The van der Waals surface area contributed by atoms with Gasteiger partial charge in [-0.05, 0) is 62.3 Å². The molecular formula is C26H31N5O2. The molecule has 1 fully saturated rings. The number of nitrogens with two attached hydrogens (primary N) is 1. The Morgan fingerprint density at radius 2 is 1.97 bits per heavy atom. The lowest BCUT2D eigenvalue weighted by atomic mass is 9.88. The first-order chi connectivity index (χ1) is 15.8. The van der Waals surface area contributed by atoms with Gasteiger partial charge in [0.25, 0.3) is 0 Å². The van der Waals surface area contributed by atoms with E-state index in [0.29, 0.717) is 17.5 Å². The van der Waals surface area contributed by atoms with Crippen molar-refractivity contribution in [1.82, 2.24) is 15.0 Å². The third-order valence-electron chi connectivity index (χ3n) is 6.83. The van der Waals surface area contributed by atoms with E-state index in [-0.39, 0.29) is 18.1 Å². The Morgan fingerprint density at radius 3 is 2.70 bits per heavy atom. The third kappa shape index (κ3) is 4.02. The Hall–Kier alpha value is -3.19. The summed E-state index contributed by atoms with van der Waals surface area (Å²) in [6.07, 6.45) is 6.87. The van der Waals surface area contributed by atoms with E-state index in [2.05, 4.69) is 35.7 Å². The molecule has 3 atom stereocenters. The molecule has 7 nitrogen and oxygen atoms in total. The second-order valence-electron chi connectivity index (χ2n) is 9.47. The van der Waals surface area contributed by atoms with Crippen LogP contribution >= 0.6 is 0 Å². The van der Waals surface area contributed by atoms with Crippen molar-refractivity contribution >= 4 is 28.2 Å². The second-order valence-corrected chi connectivity index (χ2v) is 9.47. The molecule has 0 radical (unpaired) electrons. The highest BCUT2D eigenvalue weighted by Gasteiger charge is 2.29. The minimum Gasteiger partial charge on any atom is -0.490 e. The van der Waals surface area contributed by atoms with Gasteiger partial charge in [0.15, 0.2) is 0 Å². The molecule has 2 aliphatic rings. The molecule has 172 valence electrons. The number of nitrogens with one attached hydrogen (secondary N) is 1. The number of pyridine rings is 3. The number of rotatable bonds is 6. The number of nitrogens with zero attached hydrogens (tertiary/aromatic N) is 3. The first kappa shape index (κ1) is 21.6. The van der Waals surface area contributed by atoms with Gasteiger partial charge in [-0.15, -0.1) is 0 Å². The van der Waals surface area contributed by atoms with Gasteiger partial charge in [-0.3, -0.25) is 0 Å². The van der Waals surface area contributed by atoms with Crippen LogP contribution in [0.15, 0.2) is 37.2 Å². The van der Waals surface area contributed by atoms with E-state index in [9.17, 15) is 0 Å². The minimum absolute atomic E-state index is 0.0303. The van der Waals surface area contributed by atoms with Crippen molar-refractivity contribution in [3.63, 3.8) is 0 Å². The number of aromatic nitrogens is 3. The summed E-state index contributed by atoms with van der Waals surface area (Å²) >= 11 is 0. The van der Waals surface area contributed by atoms with Gasteiger partial charge in [0.2, 0.25) is 5.88 Å². The summed E-state index contributed by atoms with van der Waals surface area (Å²) in [6.45, 7) is 12.3. The van der Waals surface area contributed by atoms with Crippen LogP contribution in [0.1, 0.15) is 69.7 Å². The zero-order valence-corrected chi connectivity index (χ0v) is 19.7. The molecule has 0 spiro atoms. The molecule has 3 N–H and O–H groups in total. The maximum Gasteiger partial charge on any atom is 0.223 e. The standard InChI is InChI=1S/C26H31N5O2/c1-6-26(5,27)21-13-29-25(33-17-7-8-17)20-12-28-23(11-19(20)21)30-22-10-9-18-16(4)32-15(3)14(2)24(18)31-22/h9-15,17H,4,6-8,27H2,1-3,5H3,(H,28,30,31)/t14-,15-,26+/m0/s1. The van der Waals surface area contributed by atoms with E-state index in [0.717, 1.165) is 52.7 Å². The number of fused-ring (bicyclic) bond motifs is 2. The first-order valence-electron chi connectivity index (χ1n) is 11.7. The summed E-state index contributed by atoms with van der Waals surface area (Å²) in [5, 5.41) is 5.24. The number of hydrogen-bond donors (Lipinski definition) is 2. The molecular weight excluding hydrogens is 414 g/mol. The summed E-state index contributed by atoms with van der Waals surface area (Å²) in [5.41, 5.74) is 9.03. The van der Waals surface area contributed by atoms with Gasteiger partial charge in [-0.2, -0.15) is 0 Å². The molecule has 0 amide bonds. The van der Waals surface area contributed by atoms with Crippen molar-refractivity contribution in [1.29, 1.82) is 0 Å². The van der Waals surface area contributed by atoms with Crippen LogP contribution in [-0.2, 0) is 10.3 Å². The predicted molar refractivity (Wildman–Crippen MR) is 131 cm³/mol. The summed E-state index contributed by atoms with van der Waals surface area (Å²) in [7, 11) is 0. The third-order valence-corrected chi connectivity index (χ3v) is 6.83. The Bertz CT molecular complexity index is 1230. The van der Waals surface area contributed by atoms with Crippen molar-refractivity contribution < 1.29 is 9.47 Å². The number of ether oxygens (including phenoxy) is 2. The molecule has 1 aliphatic carbocycles. The van der Waals surface area contributed by atoms with E-state index in [4.69, 9.17) is 20.2 Å². The molecule has 0 unspecified atom stereocenters. The molecule has 0 aromatic carbocycles. The van der Waals surface area contributed by atoms with Crippen molar-refractivity contribution in [3.05, 3.63) is 54.0 Å². The fourth-order valence-corrected chi connectivity index (χ4v) is 4.13. The number of anilines is 2. The zero-order chi connectivity index (χ0) is 23.3. The second kappa shape index (κ2) is 7.99. The van der Waals surface area contributed by atoms with Gasteiger partial charge in [-0.25, -0.2) is 15.0 Å². The van der Waals surface area contributed by atoms with E-state index < -0.39 is 5.54 Å². The summed E-state index contributed by atoms with van der Waals surface area (Å²) in [6, 6.07) is 5.94. The largest absolute Gasteiger partial charge is 0.490 e. The van der Waals surface area contributed by atoms with Crippen LogP contribution in [0.25, 0.3) is 16.5 Å². The van der Waals surface area contributed by atoms with E-state index in [1.54, 1.807) is 0 Å². The zero-order valence-electron chi connectivity index (χ0n) is 19.7. The average Bonchev–Trinajstić information content (AvgIpc) is 3.61. The van der Waals surface area contributed by atoms with Crippen molar-refractivity contribution in [2.24, 2.45) is 5.73 Å². The summed E-state index contributed by atoms with van der Waals surface area (Å²) in [4.78, 5) is 14.1. The van der Waals surface area contributed by atoms with Gasteiger partial charge in [0.05, 0.1) is 11.1 Å². The van der Waals surface area contributed by atoms with E-state index >= 15 is 0 Å². The van der Waals surface area contributed by atoms with Crippen molar-refractivity contribution in [2.45, 2.75) is 70.6 Å². The Morgan fingerprint density at radius 1 is 1.18 bits per heavy atom. The molecule has 0 saturated heterocycles. The topological polar surface area (TPSA) is 95.2 Å². The SMILES string of the molecule is C=C1O[C@@H](C)[C@H](C)c2nc(Nc3cc4c([C@](C)(N)CC)cnc(OC5CC5)c4cn3)ccc21. The van der Waals surface area contributed by atoms with Crippen molar-refractivity contribution in [3.8, 4) is 5.88 Å². The van der Waals surface area contributed by atoms with Crippen molar-refractivity contribution in [2.75, 3.05) is 5.32 Å². The Kier molecular flexibility index (Phi) is 5.24. The maximum atomic E-state index is 6.63. The quantitative estimate of drug-likeness (QED) is 0.525. The highest BCUT2D eigenvalue weighted by Crippen LogP contribution is 2.38. The smallest absolute Gasteiger partial charge is 0.223 e. The first-order valence-corrected chi connectivity index (χ1v) is 11.7. The molecule has 7 heteroatoms. The van der Waals surface area contributed by atoms with Gasteiger partial charge in [0, 0.05) is 29.4 Å². The molecule has 3 aromatic rings. The normalized spacial score (nSPS) is 21.8. The Labute approximate surface area is 194 Å². The lowest BCUT2D eigenvalue weighted by Crippen LogP contribution is -2.32. The van der Waals surface area contributed by atoms with E-state index in [1.165, 1.54) is 0 Å². The van der Waals surface area contributed by atoms with Gasteiger partial charge in [-0.1, -0.05) is 20.4 Å². The highest BCUT2D eigenvalue weighted by molar-refractivity contribution is 5.91.